The number of hydrogen-bond donors (Lipinski definition) is 1. The molecule has 0 aromatic carbocycles. The molecule has 3 heterocycles. The molecule has 1 aliphatic rings. The van der Waals surface area contributed by atoms with Gasteiger partial charge in [-0.2, -0.15) is 4.98 Å². The molecule has 1 saturated heterocycles. The van der Waals surface area contributed by atoms with Gasteiger partial charge in [-0.25, -0.2) is 0 Å². The number of amides is 1. The zero-order valence-corrected chi connectivity index (χ0v) is 14.8. The van der Waals surface area contributed by atoms with E-state index >= 15 is 0 Å². The van der Waals surface area contributed by atoms with Gasteiger partial charge in [0.05, 0.1) is 21.3 Å². The van der Waals surface area contributed by atoms with Crippen LogP contribution in [-0.2, 0) is 11.3 Å². The van der Waals surface area contributed by atoms with Crippen LogP contribution in [0.2, 0.25) is 0 Å². The van der Waals surface area contributed by atoms with Crippen LogP contribution in [-0.4, -0.2) is 40.1 Å². The Bertz CT molecular complexity index is 669. The SMILES string of the molecule is CC(C)C1C(=O)NCCN1Cc1nc(-c2ccc(Br)s2)no1. The lowest BCUT2D eigenvalue weighted by Crippen LogP contribution is -2.56. The van der Waals surface area contributed by atoms with Gasteiger partial charge in [0, 0.05) is 13.1 Å². The monoisotopic (exact) mass is 384 g/mol. The van der Waals surface area contributed by atoms with Crippen molar-refractivity contribution in [2.75, 3.05) is 13.1 Å². The fraction of sp³-hybridized carbons (Fsp3) is 0.500. The summed E-state index contributed by atoms with van der Waals surface area (Å²) in [5.41, 5.74) is 0. The minimum atomic E-state index is -0.153. The Morgan fingerprint density at radius 2 is 2.36 bits per heavy atom. The van der Waals surface area contributed by atoms with E-state index in [-0.39, 0.29) is 17.9 Å². The highest BCUT2D eigenvalue weighted by Gasteiger charge is 2.33. The van der Waals surface area contributed by atoms with Gasteiger partial charge in [0.25, 0.3) is 0 Å². The second-order valence-corrected chi connectivity index (χ2v) is 8.03. The Kier molecular flexibility index (Phi) is 4.60. The van der Waals surface area contributed by atoms with Crippen LogP contribution in [0.15, 0.2) is 20.4 Å². The van der Waals surface area contributed by atoms with Gasteiger partial charge in [0.2, 0.25) is 17.6 Å². The highest BCUT2D eigenvalue weighted by molar-refractivity contribution is 9.11. The van der Waals surface area contributed by atoms with Crippen LogP contribution in [0.3, 0.4) is 0 Å². The lowest BCUT2D eigenvalue weighted by atomic mass is 10.00. The topological polar surface area (TPSA) is 71.3 Å². The van der Waals surface area contributed by atoms with Crippen molar-refractivity contribution in [3.8, 4) is 10.7 Å². The summed E-state index contributed by atoms with van der Waals surface area (Å²) in [5, 5.41) is 6.94. The first-order valence-electron chi connectivity index (χ1n) is 7.14. The van der Waals surface area contributed by atoms with Gasteiger partial charge in [-0.15, -0.1) is 11.3 Å². The molecule has 1 amide bonds. The second kappa shape index (κ2) is 6.47. The van der Waals surface area contributed by atoms with Crippen molar-refractivity contribution in [1.82, 2.24) is 20.4 Å². The van der Waals surface area contributed by atoms with Crippen LogP contribution in [0.1, 0.15) is 19.7 Å². The molecular formula is C14H17BrN4O2S. The molecule has 1 fully saturated rings. The molecule has 1 aliphatic heterocycles. The molecular weight excluding hydrogens is 368 g/mol. The summed E-state index contributed by atoms with van der Waals surface area (Å²) in [4.78, 5) is 19.5. The minimum Gasteiger partial charge on any atom is -0.353 e. The van der Waals surface area contributed by atoms with Crippen LogP contribution in [0.25, 0.3) is 10.7 Å². The fourth-order valence-electron chi connectivity index (χ4n) is 2.66. The van der Waals surface area contributed by atoms with Crippen molar-refractivity contribution in [3.63, 3.8) is 0 Å². The number of piperazine rings is 1. The Morgan fingerprint density at radius 1 is 1.55 bits per heavy atom. The summed E-state index contributed by atoms with van der Waals surface area (Å²) < 4.78 is 6.38. The zero-order chi connectivity index (χ0) is 15.7. The first kappa shape index (κ1) is 15.6. The van der Waals surface area contributed by atoms with Crippen LogP contribution in [0.4, 0.5) is 0 Å². The molecule has 118 valence electrons. The molecule has 0 bridgehead atoms. The zero-order valence-electron chi connectivity index (χ0n) is 12.4. The Morgan fingerprint density at radius 3 is 3.05 bits per heavy atom. The largest absolute Gasteiger partial charge is 0.353 e. The van der Waals surface area contributed by atoms with Crippen molar-refractivity contribution < 1.29 is 9.32 Å². The van der Waals surface area contributed by atoms with Gasteiger partial charge >= 0.3 is 0 Å². The van der Waals surface area contributed by atoms with E-state index in [1.54, 1.807) is 11.3 Å². The lowest BCUT2D eigenvalue weighted by molar-refractivity contribution is -0.131. The van der Waals surface area contributed by atoms with Gasteiger partial charge in [0.15, 0.2) is 0 Å². The number of rotatable bonds is 4. The molecule has 3 rings (SSSR count). The van der Waals surface area contributed by atoms with Crippen LogP contribution >= 0.6 is 27.3 Å². The maximum atomic E-state index is 12.0. The third kappa shape index (κ3) is 3.23. The van der Waals surface area contributed by atoms with E-state index in [1.165, 1.54) is 0 Å². The van der Waals surface area contributed by atoms with Crippen molar-refractivity contribution >= 4 is 33.2 Å². The van der Waals surface area contributed by atoms with E-state index < -0.39 is 0 Å². The van der Waals surface area contributed by atoms with Gasteiger partial charge in [0.1, 0.15) is 0 Å². The first-order chi connectivity index (χ1) is 10.5. The third-order valence-corrected chi connectivity index (χ3v) is 5.21. The van der Waals surface area contributed by atoms with E-state index in [4.69, 9.17) is 4.52 Å². The second-order valence-electron chi connectivity index (χ2n) is 5.57. The molecule has 0 saturated carbocycles. The minimum absolute atomic E-state index is 0.0724. The molecule has 0 aliphatic carbocycles. The average Bonchev–Trinajstić information content (AvgIpc) is 3.07. The molecule has 1 atom stereocenters. The van der Waals surface area contributed by atoms with Crippen molar-refractivity contribution in [3.05, 3.63) is 21.8 Å². The van der Waals surface area contributed by atoms with Crippen molar-refractivity contribution in [1.29, 1.82) is 0 Å². The van der Waals surface area contributed by atoms with Crippen molar-refractivity contribution in [2.24, 2.45) is 5.92 Å². The Hall–Kier alpha value is -1.25. The Balaban J connectivity index is 1.75. The number of aromatic nitrogens is 2. The highest BCUT2D eigenvalue weighted by atomic mass is 79.9. The van der Waals surface area contributed by atoms with E-state index in [2.05, 4.69) is 36.3 Å². The maximum absolute atomic E-state index is 12.0. The summed E-state index contributed by atoms with van der Waals surface area (Å²) in [7, 11) is 0. The van der Waals surface area contributed by atoms with Gasteiger partial charge in [-0.3, -0.25) is 9.69 Å². The number of nitrogens with zero attached hydrogens (tertiary/aromatic N) is 3. The lowest BCUT2D eigenvalue weighted by Gasteiger charge is -2.36. The number of carbonyl (C=O) groups excluding carboxylic acids is 1. The molecule has 6 nitrogen and oxygen atoms in total. The summed E-state index contributed by atoms with van der Waals surface area (Å²) in [6.45, 7) is 6.03. The standard InChI is InChI=1S/C14H17BrN4O2S/c1-8(2)12-14(20)16-5-6-19(12)7-11-17-13(18-21-11)9-3-4-10(15)22-9/h3-4,8,12H,5-7H2,1-2H3,(H,16,20). The predicted molar refractivity (Wildman–Crippen MR) is 87.4 cm³/mol. The molecule has 0 radical (unpaired) electrons. The molecule has 2 aromatic heterocycles. The summed E-state index contributed by atoms with van der Waals surface area (Å²) in [6.07, 6.45) is 0. The molecule has 2 aromatic rings. The van der Waals surface area contributed by atoms with Gasteiger partial charge in [-0.05, 0) is 34.0 Å². The number of halogens is 1. The number of carbonyl (C=O) groups is 1. The molecule has 8 heteroatoms. The highest BCUT2D eigenvalue weighted by Crippen LogP contribution is 2.29. The average molecular weight is 385 g/mol. The summed E-state index contributed by atoms with van der Waals surface area (Å²) in [5.74, 6) is 1.44. The fourth-order valence-corrected chi connectivity index (χ4v) is 3.97. The van der Waals surface area contributed by atoms with Gasteiger partial charge < -0.3 is 9.84 Å². The summed E-state index contributed by atoms with van der Waals surface area (Å²) >= 11 is 4.99. The number of hydrogen-bond acceptors (Lipinski definition) is 6. The van der Waals surface area contributed by atoms with Crippen LogP contribution < -0.4 is 5.32 Å². The van der Waals surface area contributed by atoms with Gasteiger partial charge in [-0.1, -0.05) is 19.0 Å². The molecule has 0 spiro atoms. The third-order valence-electron chi connectivity index (χ3n) is 3.59. The van der Waals surface area contributed by atoms with E-state index in [0.29, 0.717) is 24.8 Å². The predicted octanol–water partition coefficient (Wildman–Crippen LogP) is 2.52. The number of thiophene rings is 1. The molecule has 22 heavy (non-hydrogen) atoms. The quantitative estimate of drug-likeness (QED) is 0.876. The normalized spacial score (nSPS) is 19.6. The van der Waals surface area contributed by atoms with E-state index in [1.807, 2.05) is 26.0 Å². The molecule has 1 unspecified atom stereocenters. The number of nitrogens with one attached hydrogen (secondary N) is 1. The maximum Gasteiger partial charge on any atom is 0.241 e. The summed E-state index contributed by atoms with van der Waals surface area (Å²) in [6, 6.07) is 3.76. The van der Waals surface area contributed by atoms with Crippen LogP contribution in [0, 0.1) is 5.92 Å². The van der Waals surface area contributed by atoms with Crippen LogP contribution in [0.5, 0.6) is 0 Å². The van der Waals surface area contributed by atoms with E-state index in [0.717, 1.165) is 15.2 Å². The van der Waals surface area contributed by atoms with E-state index in [9.17, 15) is 4.79 Å². The first-order valence-corrected chi connectivity index (χ1v) is 8.75. The van der Waals surface area contributed by atoms with Crippen molar-refractivity contribution in [2.45, 2.75) is 26.4 Å². The molecule has 1 N–H and O–H groups in total. The smallest absolute Gasteiger partial charge is 0.241 e. The Labute approximate surface area is 141 Å².